The summed E-state index contributed by atoms with van der Waals surface area (Å²) >= 11 is 0. The number of aromatic hydroxyl groups is 2. The van der Waals surface area contributed by atoms with Crippen LogP contribution < -0.4 is 21.3 Å². The molecular formula is C36H26N4O12S2. The highest BCUT2D eigenvalue weighted by Gasteiger charge is 2.20. The summed E-state index contributed by atoms with van der Waals surface area (Å²) in [7, 11) is -9.27. The van der Waals surface area contributed by atoms with Gasteiger partial charge in [-0.15, -0.1) is 0 Å². The lowest BCUT2D eigenvalue weighted by Gasteiger charge is -2.11. The van der Waals surface area contributed by atoms with E-state index in [4.69, 9.17) is 0 Å². The molecule has 0 atom stereocenters. The van der Waals surface area contributed by atoms with Crippen molar-refractivity contribution in [1.29, 1.82) is 0 Å². The molecule has 0 aliphatic rings. The summed E-state index contributed by atoms with van der Waals surface area (Å²) in [6.07, 6.45) is 0. The fourth-order valence-corrected chi connectivity index (χ4v) is 6.86. The zero-order valence-electron chi connectivity index (χ0n) is 27.3. The highest BCUT2D eigenvalue weighted by molar-refractivity contribution is 7.86. The van der Waals surface area contributed by atoms with Gasteiger partial charge in [0, 0.05) is 67.6 Å². The van der Waals surface area contributed by atoms with Gasteiger partial charge in [0.2, 0.25) is 0 Å². The van der Waals surface area contributed by atoms with Crippen LogP contribution in [-0.2, 0) is 29.8 Å². The van der Waals surface area contributed by atoms with Crippen LogP contribution in [0.5, 0.6) is 11.5 Å². The molecule has 0 bridgehead atoms. The van der Waals surface area contributed by atoms with E-state index in [0.717, 1.165) is 12.1 Å². The molecule has 6 aromatic carbocycles. The Kier molecular flexibility index (Phi) is 9.76. The molecule has 16 nitrogen and oxygen atoms in total. The number of anilines is 4. The summed E-state index contributed by atoms with van der Waals surface area (Å²) in [6.45, 7) is 0. The van der Waals surface area contributed by atoms with Crippen molar-refractivity contribution in [1.82, 2.24) is 0 Å². The van der Waals surface area contributed by atoms with Crippen molar-refractivity contribution in [3.05, 3.63) is 120 Å². The van der Waals surface area contributed by atoms with Crippen molar-refractivity contribution in [2.75, 3.05) is 21.3 Å². The van der Waals surface area contributed by atoms with E-state index in [1.807, 2.05) is 0 Å². The Morgan fingerprint density at radius 3 is 1.11 bits per heavy atom. The van der Waals surface area contributed by atoms with Crippen LogP contribution in [-0.4, -0.2) is 59.8 Å². The Morgan fingerprint density at radius 1 is 0.426 bits per heavy atom. The van der Waals surface area contributed by atoms with E-state index in [9.17, 15) is 55.3 Å². The SMILES string of the molecule is O=C(Nc1ccc(C(=O)Nc2cc(O)c3cccc(S(=O)(=O)O)c3c2)cc1)C(=O)Nc1ccc(C(=O)Nc2cc(O)c3cccc(S(=O)(=O)O)c3c2)cc1. The number of hydrogen-bond acceptors (Lipinski definition) is 10. The third kappa shape index (κ3) is 7.96. The molecule has 0 fully saturated rings. The zero-order chi connectivity index (χ0) is 38.9. The lowest BCUT2D eigenvalue weighted by atomic mass is 10.1. The van der Waals surface area contributed by atoms with Crippen LogP contribution in [0.15, 0.2) is 119 Å². The molecule has 8 N–H and O–H groups in total. The second-order valence-corrected chi connectivity index (χ2v) is 14.4. The first-order valence-corrected chi connectivity index (χ1v) is 18.3. The second kappa shape index (κ2) is 14.3. The van der Waals surface area contributed by atoms with Gasteiger partial charge in [0.1, 0.15) is 21.3 Å². The predicted molar refractivity (Wildman–Crippen MR) is 197 cm³/mol. The molecule has 0 unspecified atom stereocenters. The highest BCUT2D eigenvalue weighted by Crippen LogP contribution is 2.35. The highest BCUT2D eigenvalue weighted by atomic mass is 32.2. The van der Waals surface area contributed by atoms with Crippen LogP contribution in [0.25, 0.3) is 21.5 Å². The molecule has 0 spiro atoms. The van der Waals surface area contributed by atoms with Gasteiger partial charge in [0.25, 0.3) is 32.1 Å². The molecule has 18 heteroatoms. The second-order valence-electron chi connectivity index (χ2n) is 11.6. The van der Waals surface area contributed by atoms with Crippen molar-refractivity contribution in [2.45, 2.75) is 9.79 Å². The van der Waals surface area contributed by atoms with Gasteiger partial charge in [-0.2, -0.15) is 16.8 Å². The first-order valence-electron chi connectivity index (χ1n) is 15.4. The van der Waals surface area contributed by atoms with E-state index >= 15 is 0 Å². The molecule has 6 aromatic rings. The van der Waals surface area contributed by atoms with Crippen molar-refractivity contribution >= 4 is 88.2 Å². The van der Waals surface area contributed by atoms with Crippen LogP contribution in [0.4, 0.5) is 22.7 Å². The fourth-order valence-electron chi connectivity index (χ4n) is 5.46. The van der Waals surface area contributed by atoms with Crippen LogP contribution in [0, 0.1) is 0 Å². The van der Waals surface area contributed by atoms with Gasteiger partial charge in [0.15, 0.2) is 0 Å². The molecule has 0 aromatic heterocycles. The average molecular weight is 771 g/mol. The van der Waals surface area contributed by atoms with Gasteiger partial charge < -0.3 is 31.5 Å². The average Bonchev–Trinajstić information content (AvgIpc) is 3.11. The van der Waals surface area contributed by atoms with E-state index in [2.05, 4.69) is 21.3 Å². The monoisotopic (exact) mass is 770 g/mol. The minimum absolute atomic E-state index is 0.0203. The van der Waals surface area contributed by atoms with Gasteiger partial charge in [-0.25, -0.2) is 0 Å². The fraction of sp³-hybridized carbons (Fsp3) is 0. The molecule has 0 saturated carbocycles. The Hall–Kier alpha value is -6.86. The lowest BCUT2D eigenvalue weighted by Crippen LogP contribution is -2.29. The lowest BCUT2D eigenvalue weighted by molar-refractivity contribution is -0.132. The molecule has 54 heavy (non-hydrogen) atoms. The van der Waals surface area contributed by atoms with Gasteiger partial charge in [0.05, 0.1) is 0 Å². The third-order valence-corrected chi connectivity index (χ3v) is 9.78. The van der Waals surface area contributed by atoms with Crippen LogP contribution in [0.2, 0.25) is 0 Å². The Morgan fingerprint density at radius 2 is 0.778 bits per heavy atom. The number of fused-ring (bicyclic) bond motifs is 2. The Labute approximate surface area is 305 Å². The van der Waals surface area contributed by atoms with Crippen molar-refractivity contribution in [3.8, 4) is 11.5 Å². The molecule has 6 rings (SSSR count). The summed E-state index contributed by atoms with van der Waals surface area (Å²) in [4.78, 5) is 50.0. The van der Waals surface area contributed by atoms with Crippen LogP contribution >= 0.6 is 0 Å². The molecule has 0 radical (unpaired) electrons. The zero-order valence-corrected chi connectivity index (χ0v) is 28.9. The van der Waals surface area contributed by atoms with Crippen LogP contribution in [0.3, 0.4) is 0 Å². The maximum atomic E-state index is 12.9. The molecule has 4 amide bonds. The number of benzene rings is 6. The van der Waals surface area contributed by atoms with Crippen molar-refractivity contribution < 1.29 is 55.3 Å². The van der Waals surface area contributed by atoms with E-state index < -0.39 is 53.7 Å². The number of hydrogen-bond donors (Lipinski definition) is 8. The van der Waals surface area contributed by atoms with E-state index in [1.165, 1.54) is 97.1 Å². The smallest absolute Gasteiger partial charge is 0.314 e. The van der Waals surface area contributed by atoms with Crippen LogP contribution in [0.1, 0.15) is 20.7 Å². The van der Waals surface area contributed by atoms with E-state index in [-0.39, 0.29) is 66.9 Å². The molecule has 0 aliphatic heterocycles. The number of carbonyl (C=O) groups is 4. The first-order chi connectivity index (χ1) is 25.5. The van der Waals surface area contributed by atoms with Crippen molar-refractivity contribution in [2.24, 2.45) is 0 Å². The Bertz CT molecular complexity index is 2560. The number of phenolic OH excluding ortho intramolecular Hbond substituents is 2. The first kappa shape index (κ1) is 36.9. The van der Waals surface area contributed by atoms with Gasteiger partial charge >= 0.3 is 11.8 Å². The standard InChI is InChI=1S/C36H26N4O12S2/c41-29-17-23(15-27-25(29)3-1-5-31(27)53(47,48)49)39-33(43)19-7-11-21(12-8-19)37-35(45)36(46)38-22-13-9-20(10-14-22)34(44)40-24-16-28-26(30(42)18-24)4-2-6-32(28)54(50,51)52/h1-18,41-42H,(H,37,45)(H,38,46)(H,39,43)(H,40,44)(H,47,48,49)(H,50,51,52). The molecule has 0 aliphatic carbocycles. The summed E-state index contributed by atoms with van der Waals surface area (Å²) in [6, 6.07) is 23.5. The number of nitrogens with one attached hydrogen (secondary N) is 4. The summed E-state index contributed by atoms with van der Waals surface area (Å²) in [5, 5.41) is 30.8. The molecule has 0 saturated heterocycles. The minimum atomic E-state index is -4.63. The maximum absolute atomic E-state index is 12.9. The van der Waals surface area contributed by atoms with E-state index in [0.29, 0.717) is 0 Å². The number of amides is 4. The molecule has 274 valence electrons. The minimum Gasteiger partial charge on any atom is -0.507 e. The van der Waals surface area contributed by atoms with Crippen molar-refractivity contribution in [3.63, 3.8) is 0 Å². The molecule has 0 heterocycles. The summed E-state index contributed by atoms with van der Waals surface area (Å²) in [5.41, 5.74) is 0.581. The number of rotatable bonds is 8. The quantitative estimate of drug-likeness (QED) is 0.0753. The van der Waals surface area contributed by atoms with E-state index in [1.54, 1.807) is 0 Å². The Balaban J connectivity index is 1.06. The van der Waals surface area contributed by atoms with Gasteiger partial charge in [-0.3, -0.25) is 28.3 Å². The molecular weight excluding hydrogens is 745 g/mol. The topological polar surface area (TPSA) is 266 Å². The largest absolute Gasteiger partial charge is 0.507 e. The van der Waals surface area contributed by atoms with Gasteiger partial charge in [-0.05, 0) is 72.8 Å². The predicted octanol–water partition coefficient (Wildman–Crippen LogP) is 4.98. The number of carbonyl (C=O) groups excluding carboxylic acids is 4. The maximum Gasteiger partial charge on any atom is 0.314 e. The summed E-state index contributed by atoms with van der Waals surface area (Å²) < 4.78 is 66.3. The normalized spacial score (nSPS) is 11.5. The third-order valence-electron chi connectivity index (χ3n) is 7.96. The van der Waals surface area contributed by atoms with Gasteiger partial charge in [-0.1, -0.05) is 24.3 Å². The number of phenols is 2. The summed E-state index contributed by atoms with van der Waals surface area (Å²) in [5.74, 6) is -4.12.